The van der Waals surface area contributed by atoms with Crippen molar-refractivity contribution in [3.63, 3.8) is 0 Å². The topological polar surface area (TPSA) is 41.1 Å². The summed E-state index contributed by atoms with van der Waals surface area (Å²) in [5.74, 6) is 0.0383. The molecular formula is C14H20N2O. The van der Waals surface area contributed by atoms with Crippen LogP contribution >= 0.6 is 0 Å². The molecule has 2 rings (SSSR count). The highest BCUT2D eigenvalue weighted by atomic mass is 16.2. The molecule has 0 spiro atoms. The molecule has 17 heavy (non-hydrogen) atoms. The molecule has 1 aromatic carbocycles. The Bertz CT molecular complexity index is 420. The van der Waals surface area contributed by atoms with Crippen molar-refractivity contribution in [3.8, 4) is 0 Å². The van der Waals surface area contributed by atoms with Crippen LogP contribution in [0.15, 0.2) is 24.3 Å². The van der Waals surface area contributed by atoms with Gasteiger partial charge < -0.3 is 10.6 Å². The van der Waals surface area contributed by atoms with Gasteiger partial charge in [0.2, 0.25) is 5.91 Å². The standard InChI is InChI=1S/C14H20N2O/c1-14(2,3)16-13(17)12-9-15-8-10-6-4-5-7-11(10)12/h4-7,12,15H,8-9H2,1-3H3,(H,16,17). The predicted molar refractivity (Wildman–Crippen MR) is 68.8 cm³/mol. The molecule has 0 aliphatic carbocycles. The first-order valence-electron chi connectivity index (χ1n) is 6.08. The summed E-state index contributed by atoms with van der Waals surface area (Å²) >= 11 is 0. The molecule has 0 radical (unpaired) electrons. The minimum atomic E-state index is -0.177. The lowest BCUT2D eigenvalue weighted by Crippen LogP contribution is -2.46. The van der Waals surface area contributed by atoms with Crippen LogP contribution in [0.25, 0.3) is 0 Å². The average molecular weight is 232 g/mol. The molecule has 0 aromatic heterocycles. The second-order valence-corrected chi connectivity index (χ2v) is 5.62. The summed E-state index contributed by atoms with van der Waals surface area (Å²) in [4.78, 5) is 12.2. The molecule has 3 heteroatoms. The van der Waals surface area contributed by atoms with Crippen molar-refractivity contribution < 1.29 is 4.79 Å². The molecule has 1 aliphatic rings. The van der Waals surface area contributed by atoms with Gasteiger partial charge in [-0.3, -0.25) is 4.79 Å². The number of fused-ring (bicyclic) bond motifs is 1. The highest BCUT2D eigenvalue weighted by Gasteiger charge is 2.28. The third-order valence-electron chi connectivity index (χ3n) is 2.91. The van der Waals surface area contributed by atoms with Gasteiger partial charge in [0.05, 0.1) is 5.92 Å². The quantitative estimate of drug-likeness (QED) is 0.775. The van der Waals surface area contributed by atoms with E-state index in [0.717, 1.165) is 18.7 Å². The van der Waals surface area contributed by atoms with Gasteiger partial charge in [-0.25, -0.2) is 0 Å². The minimum Gasteiger partial charge on any atom is -0.351 e. The van der Waals surface area contributed by atoms with Crippen LogP contribution in [0, 0.1) is 0 Å². The van der Waals surface area contributed by atoms with Crippen LogP contribution in [0.5, 0.6) is 0 Å². The first kappa shape index (κ1) is 12.1. The Balaban J connectivity index is 2.21. The van der Waals surface area contributed by atoms with E-state index in [4.69, 9.17) is 0 Å². The molecule has 1 heterocycles. The highest BCUT2D eigenvalue weighted by Crippen LogP contribution is 2.24. The number of hydrogen-bond acceptors (Lipinski definition) is 2. The molecule has 92 valence electrons. The Hall–Kier alpha value is -1.35. The van der Waals surface area contributed by atoms with Crippen molar-refractivity contribution in [2.24, 2.45) is 0 Å². The van der Waals surface area contributed by atoms with Gasteiger partial charge in [-0.05, 0) is 31.9 Å². The second-order valence-electron chi connectivity index (χ2n) is 5.62. The molecule has 1 unspecified atom stereocenters. The first-order valence-corrected chi connectivity index (χ1v) is 6.08. The maximum atomic E-state index is 12.2. The third-order valence-corrected chi connectivity index (χ3v) is 2.91. The first-order chi connectivity index (χ1) is 7.97. The molecular weight excluding hydrogens is 212 g/mol. The molecule has 2 N–H and O–H groups in total. The van der Waals surface area contributed by atoms with Crippen LogP contribution in [0.2, 0.25) is 0 Å². The molecule has 1 amide bonds. The molecule has 1 atom stereocenters. The largest absolute Gasteiger partial charge is 0.351 e. The van der Waals surface area contributed by atoms with E-state index < -0.39 is 0 Å². The van der Waals surface area contributed by atoms with Crippen molar-refractivity contribution >= 4 is 5.91 Å². The summed E-state index contributed by atoms with van der Waals surface area (Å²) in [6, 6.07) is 8.16. The lowest BCUT2D eigenvalue weighted by atomic mass is 9.89. The maximum absolute atomic E-state index is 12.2. The van der Waals surface area contributed by atoms with Gasteiger partial charge in [0.15, 0.2) is 0 Å². The number of nitrogens with one attached hydrogen (secondary N) is 2. The van der Waals surface area contributed by atoms with Crippen molar-refractivity contribution in [1.29, 1.82) is 0 Å². The molecule has 0 saturated carbocycles. The van der Waals surface area contributed by atoms with Gasteiger partial charge in [0, 0.05) is 18.6 Å². The summed E-state index contributed by atoms with van der Waals surface area (Å²) < 4.78 is 0. The molecule has 1 aromatic rings. The maximum Gasteiger partial charge on any atom is 0.229 e. The number of hydrogen-bond donors (Lipinski definition) is 2. The minimum absolute atomic E-state index is 0.0702. The predicted octanol–water partition coefficient (Wildman–Crippen LogP) is 1.79. The summed E-state index contributed by atoms with van der Waals surface area (Å²) in [6.45, 7) is 7.60. The molecule has 0 bridgehead atoms. The number of rotatable bonds is 1. The van der Waals surface area contributed by atoms with Gasteiger partial charge in [0.1, 0.15) is 0 Å². The molecule has 0 fully saturated rings. The number of carbonyl (C=O) groups excluding carboxylic acids is 1. The van der Waals surface area contributed by atoms with Crippen molar-refractivity contribution in [1.82, 2.24) is 10.6 Å². The normalized spacial score (nSPS) is 19.6. The number of amides is 1. The lowest BCUT2D eigenvalue weighted by molar-refractivity contribution is -0.124. The van der Waals surface area contributed by atoms with E-state index in [-0.39, 0.29) is 17.4 Å². The fraction of sp³-hybridized carbons (Fsp3) is 0.500. The van der Waals surface area contributed by atoms with E-state index >= 15 is 0 Å². The van der Waals surface area contributed by atoms with Crippen LogP contribution in [-0.4, -0.2) is 18.0 Å². The van der Waals surface area contributed by atoms with Gasteiger partial charge in [-0.2, -0.15) is 0 Å². The third kappa shape index (κ3) is 2.86. The number of carbonyl (C=O) groups is 1. The summed E-state index contributed by atoms with van der Waals surface area (Å²) in [6.07, 6.45) is 0. The molecule has 0 saturated heterocycles. The van der Waals surface area contributed by atoms with Crippen LogP contribution in [0.1, 0.15) is 37.8 Å². The summed E-state index contributed by atoms with van der Waals surface area (Å²) in [7, 11) is 0. The SMILES string of the molecule is CC(C)(C)NC(=O)C1CNCc2ccccc21. The monoisotopic (exact) mass is 232 g/mol. The van der Waals surface area contributed by atoms with Gasteiger partial charge in [-0.1, -0.05) is 24.3 Å². The zero-order valence-electron chi connectivity index (χ0n) is 10.7. The van der Waals surface area contributed by atoms with Crippen LogP contribution in [0.4, 0.5) is 0 Å². The Kier molecular flexibility index (Phi) is 3.20. The Labute approximate surface area is 103 Å². The smallest absolute Gasteiger partial charge is 0.229 e. The van der Waals surface area contributed by atoms with Crippen molar-refractivity contribution in [3.05, 3.63) is 35.4 Å². The lowest BCUT2D eigenvalue weighted by Gasteiger charge is -2.29. The zero-order chi connectivity index (χ0) is 12.5. The zero-order valence-corrected chi connectivity index (χ0v) is 10.7. The molecule has 3 nitrogen and oxygen atoms in total. The van der Waals surface area contributed by atoms with Crippen molar-refractivity contribution in [2.45, 2.75) is 38.8 Å². The van der Waals surface area contributed by atoms with E-state index in [2.05, 4.69) is 22.8 Å². The van der Waals surface area contributed by atoms with E-state index in [1.165, 1.54) is 5.56 Å². The summed E-state index contributed by atoms with van der Waals surface area (Å²) in [5.41, 5.74) is 2.21. The Morgan fingerprint density at radius 3 is 2.76 bits per heavy atom. The fourth-order valence-electron chi connectivity index (χ4n) is 2.19. The second kappa shape index (κ2) is 4.49. The van der Waals surface area contributed by atoms with Gasteiger partial charge >= 0.3 is 0 Å². The van der Waals surface area contributed by atoms with Crippen LogP contribution in [-0.2, 0) is 11.3 Å². The van der Waals surface area contributed by atoms with E-state index in [0.29, 0.717) is 0 Å². The number of benzene rings is 1. The van der Waals surface area contributed by atoms with Crippen LogP contribution < -0.4 is 10.6 Å². The van der Waals surface area contributed by atoms with Gasteiger partial charge in [-0.15, -0.1) is 0 Å². The van der Waals surface area contributed by atoms with E-state index in [1.807, 2.05) is 32.9 Å². The van der Waals surface area contributed by atoms with E-state index in [1.54, 1.807) is 0 Å². The van der Waals surface area contributed by atoms with Crippen LogP contribution in [0.3, 0.4) is 0 Å². The fourth-order valence-corrected chi connectivity index (χ4v) is 2.19. The average Bonchev–Trinajstić information content (AvgIpc) is 2.26. The Morgan fingerprint density at radius 2 is 2.06 bits per heavy atom. The molecule has 1 aliphatic heterocycles. The van der Waals surface area contributed by atoms with Gasteiger partial charge in [0.25, 0.3) is 0 Å². The van der Waals surface area contributed by atoms with Crippen molar-refractivity contribution in [2.75, 3.05) is 6.54 Å². The summed E-state index contributed by atoms with van der Waals surface area (Å²) in [5, 5.41) is 6.35. The van der Waals surface area contributed by atoms with E-state index in [9.17, 15) is 4.79 Å². The Morgan fingerprint density at radius 1 is 1.35 bits per heavy atom. The highest BCUT2D eigenvalue weighted by molar-refractivity contribution is 5.85.